The van der Waals surface area contributed by atoms with Crippen molar-refractivity contribution in [1.82, 2.24) is 4.57 Å². The maximum absolute atomic E-state index is 11.1. The van der Waals surface area contributed by atoms with E-state index in [-0.39, 0.29) is 0 Å². The van der Waals surface area contributed by atoms with E-state index >= 15 is 0 Å². The molecule has 0 saturated heterocycles. The number of aromatic nitrogens is 1. The lowest BCUT2D eigenvalue weighted by molar-refractivity contribution is 0.0696. The summed E-state index contributed by atoms with van der Waals surface area (Å²) in [5, 5.41) is 9.09. The first-order valence-electron chi connectivity index (χ1n) is 5.33. The molecule has 2 rings (SSSR count). The van der Waals surface area contributed by atoms with Gasteiger partial charge in [-0.15, -0.1) is 0 Å². The molecule has 0 spiro atoms. The Morgan fingerprint density at radius 1 is 1.41 bits per heavy atom. The van der Waals surface area contributed by atoms with Gasteiger partial charge in [-0.1, -0.05) is 28.9 Å². The Hall–Kier alpha value is -1.55. The lowest BCUT2D eigenvalue weighted by Gasteiger charge is -2.09. The molecule has 0 atom stereocenters. The van der Waals surface area contributed by atoms with Crippen molar-refractivity contribution in [2.24, 2.45) is 0 Å². The average Bonchev–Trinajstić information content (AvgIpc) is 2.72. The van der Waals surface area contributed by atoms with E-state index in [1.807, 2.05) is 35.8 Å². The summed E-state index contributed by atoms with van der Waals surface area (Å²) in [4.78, 5) is 11.1. The summed E-state index contributed by atoms with van der Waals surface area (Å²) >= 11 is 3.41. The third-order valence-corrected chi connectivity index (χ3v) is 3.14. The first kappa shape index (κ1) is 11.9. The first-order valence-corrected chi connectivity index (χ1v) is 6.12. The summed E-state index contributed by atoms with van der Waals surface area (Å²) in [6, 6.07) is 9.43. The number of halogens is 1. The van der Waals surface area contributed by atoms with Crippen LogP contribution in [-0.2, 0) is 6.42 Å². The van der Waals surface area contributed by atoms with Crippen LogP contribution in [0.1, 0.15) is 23.0 Å². The number of hydrogen-bond acceptors (Lipinski definition) is 1. The molecule has 0 radical (unpaired) electrons. The molecular formula is C13H12BrNO2. The van der Waals surface area contributed by atoms with Gasteiger partial charge < -0.3 is 9.67 Å². The van der Waals surface area contributed by atoms with E-state index < -0.39 is 5.97 Å². The summed E-state index contributed by atoms with van der Waals surface area (Å²) in [6.07, 6.45) is 2.48. The summed E-state index contributed by atoms with van der Waals surface area (Å²) in [7, 11) is 0. The maximum Gasteiger partial charge on any atom is 0.337 e. The number of rotatable bonds is 3. The molecule has 0 aliphatic heterocycles. The van der Waals surface area contributed by atoms with Crippen molar-refractivity contribution in [2.45, 2.75) is 13.3 Å². The second kappa shape index (κ2) is 4.75. The van der Waals surface area contributed by atoms with Crippen molar-refractivity contribution in [3.05, 3.63) is 52.3 Å². The molecule has 17 heavy (non-hydrogen) atoms. The highest BCUT2D eigenvalue weighted by molar-refractivity contribution is 9.10. The summed E-state index contributed by atoms with van der Waals surface area (Å²) in [5.41, 5.74) is 2.15. The van der Waals surface area contributed by atoms with Crippen LogP contribution >= 0.6 is 15.9 Å². The van der Waals surface area contributed by atoms with Crippen LogP contribution in [0.4, 0.5) is 0 Å². The number of nitrogens with zero attached hydrogens (tertiary/aromatic N) is 1. The quantitative estimate of drug-likeness (QED) is 0.941. The van der Waals surface area contributed by atoms with Crippen molar-refractivity contribution in [3.63, 3.8) is 0 Å². The number of carboxylic acid groups (broad SMARTS) is 1. The van der Waals surface area contributed by atoms with Gasteiger partial charge in [-0.25, -0.2) is 4.79 Å². The zero-order chi connectivity index (χ0) is 12.4. The van der Waals surface area contributed by atoms with Crippen LogP contribution in [-0.4, -0.2) is 15.6 Å². The molecule has 0 amide bonds. The minimum atomic E-state index is -0.879. The second-order valence-electron chi connectivity index (χ2n) is 3.68. The van der Waals surface area contributed by atoms with Gasteiger partial charge in [-0.2, -0.15) is 0 Å². The summed E-state index contributed by atoms with van der Waals surface area (Å²) < 4.78 is 2.89. The van der Waals surface area contributed by atoms with Gasteiger partial charge in [-0.05, 0) is 30.7 Å². The zero-order valence-electron chi connectivity index (χ0n) is 9.35. The Morgan fingerprint density at radius 2 is 2.18 bits per heavy atom. The van der Waals surface area contributed by atoms with E-state index in [1.165, 1.54) is 0 Å². The first-order chi connectivity index (χ1) is 8.13. The standard InChI is InChI=1S/C13H12BrNO2/c1-2-12-11(13(16)17)6-7-15(12)10-5-3-4-9(14)8-10/h3-8H,2H2,1H3,(H,16,17). The van der Waals surface area contributed by atoms with Crippen LogP contribution < -0.4 is 0 Å². The van der Waals surface area contributed by atoms with E-state index in [2.05, 4.69) is 15.9 Å². The van der Waals surface area contributed by atoms with E-state index in [0.29, 0.717) is 12.0 Å². The highest BCUT2D eigenvalue weighted by Gasteiger charge is 2.14. The third kappa shape index (κ3) is 2.26. The fourth-order valence-electron chi connectivity index (χ4n) is 1.89. The SMILES string of the molecule is CCc1c(C(=O)O)ccn1-c1cccc(Br)c1. The molecule has 88 valence electrons. The molecule has 0 unspecified atom stereocenters. The van der Waals surface area contributed by atoms with Crippen molar-refractivity contribution >= 4 is 21.9 Å². The Labute approximate surface area is 108 Å². The molecule has 0 bridgehead atoms. The average molecular weight is 294 g/mol. The minimum Gasteiger partial charge on any atom is -0.478 e. The minimum absolute atomic E-state index is 0.368. The Balaban J connectivity index is 2.56. The zero-order valence-corrected chi connectivity index (χ0v) is 10.9. The molecule has 0 saturated carbocycles. The van der Waals surface area contributed by atoms with Crippen molar-refractivity contribution < 1.29 is 9.90 Å². The molecular weight excluding hydrogens is 282 g/mol. The predicted molar refractivity (Wildman–Crippen MR) is 69.8 cm³/mol. The normalized spacial score (nSPS) is 10.5. The van der Waals surface area contributed by atoms with E-state index in [1.54, 1.807) is 12.3 Å². The molecule has 3 nitrogen and oxygen atoms in total. The van der Waals surface area contributed by atoms with Gasteiger partial charge in [0.1, 0.15) is 0 Å². The van der Waals surface area contributed by atoms with E-state index in [0.717, 1.165) is 15.9 Å². The van der Waals surface area contributed by atoms with Gasteiger partial charge in [-0.3, -0.25) is 0 Å². The monoisotopic (exact) mass is 293 g/mol. The number of hydrogen-bond donors (Lipinski definition) is 1. The Bertz CT molecular complexity index is 560. The van der Waals surface area contributed by atoms with Crippen molar-refractivity contribution in [1.29, 1.82) is 0 Å². The van der Waals surface area contributed by atoms with Crippen LogP contribution in [0.15, 0.2) is 41.0 Å². The van der Waals surface area contributed by atoms with Crippen LogP contribution in [0.25, 0.3) is 5.69 Å². The van der Waals surface area contributed by atoms with E-state index in [9.17, 15) is 4.79 Å². The molecule has 0 aliphatic rings. The van der Waals surface area contributed by atoms with Crippen molar-refractivity contribution in [3.8, 4) is 5.69 Å². The van der Waals surface area contributed by atoms with Gasteiger partial charge in [0.2, 0.25) is 0 Å². The highest BCUT2D eigenvalue weighted by Crippen LogP contribution is 2.21. The highest BCUT2D eigenvalue weighted by atomic mass is 79.9. The van der Waals surface area contributed by atoms with E-state index in [4.69, 9.17) is 5.11 Å². The van der Waals surface area contributed by atoms with Gasteiger partial charge in [0.25, 0.3) is 0 Å². The number of carboxylic acids is 1. The lowest BCUT2D eigenvalue weighted by atomic mass is 10.2. The summed E-state index contributed by atoms with van der Waals surface area (Å²) in [5.74, 6) is -0.879. The van der Waals surface area contributed by atoms with Crippen LogP contribution in [0, 0.1) is 0 Å². The third-order valence-electron chi connectivity index (χ3n) is 2.64. The van der Waals surface area contributed by atoms with Gasteiger partial charge in [0.15, 0.2) is 0 Å². The molecule has 0 aliphatic carbocycles. The topological polar surface area (TPSA) is 42.2 Å². The Kier molecular flexibility index (Phi) is 3.33. The second-order valence-corrected chi connectivity index (χ2v) is 4.60. The molecule has 0 fully saturated rings. The molecule has 2 aromatic rings. The van der Waals surface area contributed by atoms with Gasteiger partial charge in [0.05, 0.1) is 5.56 Å². The fourth-order valence-corrected chi connectivity index (χ4v) is 2.28. The van der Waals surface area contributed by atoms with Crippen LogP contribution in [0.5, 0.6) is 0 Å². The molecule has 1 aromatic heterocycles. The molecule has 4 heteroatoms. The van der Waals surface area contributed by atoms with Gasteiger partial charge in [0, 0.05) is 22.1 Å². The van der Waals surface area contributed by atoms with Gasteiger partial charge >= 0.3 is 5.97 Å². The number of carbonyl (C=O) groups is 1. The predicted octanol–water partition coefficient (Wildman–Crippen LogP) is 3.50. The molecule has 1 aromatic carbocycles. The number of aromatic carboxylic acids is 1. The van der Waals surface area contributed by atoms with Crippen LogP contribution in [0.3, 0.4) is 0 Å². The lowest BCUT2D eigenvalue weighted by Crippen LogP contribution is -2.04. The number of benzene rings is 1. The van der Waals surface area contributed by atoms with Crippen LogP contribution in [0.2, 0.25) is 0 Å². The maximum atomic E-state index is 11.1. The molecule has 1 heterocycles. The largest absolute Gasteiger partial charge is 0.478 e. The molecule has 1 N–H and O–H groups in total. The van der Waals surface area contributed by atoms with Crippen molar-refractivity contribution in [2.75, 3.05) is 0 Å². The summed E-state index contributed by atoms with van der Waals surface area (Å²) in [6.45, 7) is 1.95. The fraction of sp³-hybridized carbons (Fsp3) is 0.154. The Morgan fingerprint density at radius 3 is 2.76 bits per heavy atom. The smallest absolute Gasteiger partial charge is 0.337 e.